The van der Waals surface area contributed by atoms with E-state index >= 15 is 0 Å². The smallest absolute Gasteiger partial charge is 0.130 e. The first kappa shape index (κ1) is 10.8. The van der Waals surface area contributed by atoms with Gasteiger partial charge < -0.3 is 4.74 Å². The highest BCUT2D eigenvalue weighted by atomic mass is 16.5. The van der Waals surface area contributed by atoms with Crippen LogP contribution in [0.4, 0.5) is 0 Å². The summed E-state index contributed by atoms with van der Waals surface area (Å²) in [5, 5.41) is 0. The van der Waals surface area contributed by atoms with Crippen molar-refractivity contribution in [2.45, 2.75) is 20.8 Å². The summed E-state index contributed by atoms with van der Waals surface area (Å²) in [6.07, 6.45) is 1.83. The second-order valence-corrected chi connectivity index (χ2v) is 3.36. The lowest BCUT2D eigenvalue weighted by Crippen LogP contribution is -2.00. The number of rotatable bonds is 4. The monoisotopic (exact) mass is 189 g/mol. The van der Waals surface area contributed by atoms with Crippen LogP contribution in [0.5, 0.6) is 5.75 Å². The van der Waals surface area contributed by atoms with Gasteiger partial charge in [0.1, 0.15) is 5.75 Å². The standard InChI is InChI=1S/C13H17O/c1-5-11-8-7-9-12(10(3)4)13(11)14-6-2/h5,7-9H,1,6H2,2-4H3. The van der Waals surface area contributed by atoms with Crippen molar-refractivity contribution >= 4 is 6.08 Å². The van der Waals surface area contributed by atoms with Crippen LogP contribution in [0.15, 0.2) is 24.8 Å². The first-order chi connectivity index (χ1) is 6.70. The first-order valence-electron chi connectivity index (χ1n) is 4.89. The van der Waals surface area contributed by atoms with Gasteiger partial charge in [-0.15, -0.1) is 0 Å². The summed E-state index contributed by atoms with van der Waals surface area (Å²) in [6, 6.07) is 6.12. The molecule has 0 unspecified atom stereocenters. The molecule has 0 aliphatic heterocycles. The molecule has 0 atom stereocenters. The molecule has 0 heterocycles. The van der Waals surface area contributed by atoms with Crippen LogP contribution in [0.25, 0.3) is 6.08 Å². The van der Waals surface area contributed by atoms with E-state index in [-0.39, 0.29) is 0 Å². The van der Waals surface area contributed by atoms with E-state index in [2.05, 4.69) is 26.5 Å². The molecule has 75 valence electrons. The molecule has 1 radical (unpaired) electrons. The Balaban J connectivity index is 3.20. The summed E-state index contributed by atoms with van der Waals surface area (Å²) >= 11 is 0. The van der Waals surface area contributed by atoms with E-state index in [0.29, 0.717) is 6.61 Å². The Morgan fingerprint density at radius 3 is 2.64 bits per heavy atom. The molecule has 1 nitrogen and oxygen atoms in total. The first-order valence-corrected chi connectivity index (χ1v) is 4.89. The maximum Gasteiger partial charge on any atom is 0.130 e. The predicted molar refractivity (Wildman–Crippen MR) is 61.4 cm³/mol. The van der Waals surface area contributed by atoms with Crippen LogP contribution in [0.2, 0.25) is 0 Å². The third kappa shape index (κ3) is 2.16. The van der Waals surface area contributed by atoms with Crippen molar-refractivity contribution < 1.29 is 4.74 Å². The fourth-order valence-electron chi connectivity index (χ4n) is 1.41. The van der Waals surface area contributed by atoms with E-state index in [1.54, 1.807) is 0 Å². The largest absolute Gasteiger partial charge is 0.493 e. The molecule has 1 aromatic rings. The van der Waals surface area contributed by atoms with E-state index < -0.39 is 0 Å². The lowest BCUT2D eigenvalue weighted by molar-refractivity contribution is 0.337. The number of hydrogen-bond acceptors (Lipinski definition) is 1. The van der Waals surface area contributed by atoms with Gasteiger partial charge in [0.05, 0.1) is 6.61 Å². The van der Waals surface area contributed by atoms with Gasteiger partial charge in [-0.2, -0.15) is 0 Å². The molecular formula is C13H17O. The second kappa shape index (κ2) is 4.85. The van der Waals surface area contributed by atoms with Crippen molar-refractivity contribution in [2.75, 3.05) is 6.61 Å². The third-order valence-electron chi connectivity index (χ3n) is 2.09. The summed E-state index contributed by atoms with van der Waals surface area (Å²) in [5.74, 6) is 2.21. The highest BCUT2D eigenvalue weighted by Crippen LogP contribution is 2.30. The number of ether oxygens (including phenoxy) is 1. The summed E-state index contributed by atoms with van der Waals surface area (Å²) in [4.78, 5) is 0. The van der Waals surface area contributed by atoms with Gasteiger partial charge in [-0.1, -0.05) is 44.7 Å². The quantitative estimate of drug-likeness (QED) is 0.702. The van der Waals surface area contributed by atoms with Crippen LogP contribution in [0.3, 0.4) is 0 Å². The summed E-state index contributed by atoms with van der Waals surface area (Å²) in [6.45, 7) is 10.6. The molecule has 0 fully saturated rings. The Hall–Kier alpha value is -1.24. The van der Waals surface area contributed by atoms with Crippen LogP contribution >= 0.6 is 0 Å². The minimum absolute atomic E-state index is 0.686. The van der Waals surface area contributed by atoms with E-state index in [1.165, 1.54) is 11.5 Å². The van der Waals surface area contributed by atoms with Crippen molar-refractivity contribution in [1.82, 2.24) is 0 Å². The zero-order valence-corrected chi connectivity index (χ0v) is 9.13. The molecule has 14 heavy (non-hydrogen) atoms. The molecule has 0 aliphatic rings. The highest BCUT2D eigenvalue weighted by molar-refractivity contribution is 5.61. The van der Waals surface area contributed by atoms with Crippen molar-refractivity contribution in [3.8, 4) is 5.75 Å². The Bertz CT molecular complexity index is 313. The SMILES string of the molecule is C=Cc1cccc([C](C)C)c1OCC. The van der Waals surface area contributed by atoms with Crippen LogP contribution in [0, 0.1) is 5.92 Å². The van der Waals surface area contributed by atoms with Gasteiger partial charge >= 0.3 is 0 Å². The van der Waals surface area contributed by atoms with E-state index in [4.69, 9.17) is 4.74 Å². The Morgan fingerprint density at radius 2 is 2.14 bits per heavy atom. The molecule has 1 heteroatoms. The highest BCUT2D eigenvalue weighted by Gasteiger charge is 2.10. The maximum absolute atomic E-state index is 5.63. The van der Waals surface area contributed by atoms with E-state index in [1.807, 2.05) is 25.1 Å². The molecule has 0 N–H and O–H groups in total. The normalized spacial score (nSPS) is 10.3. The number of para-hydroxylation sites is 1. The molecule has 0 aromatic heterocycles. The van der Waals surface area contributed by atoms with Crippen LogP contribution in [-0.4, -0.2) is 6.61 Å². The molecule has 0 aliphatic carbocycles. The van der Waals surface area contributed by atoms with Gasteiger partial charge in [-0.05, 0) is 6.92 Å². The van der Waals surface area contributed by atoms with Gasteiger partial charge in [0.2, 0.25) is 0 Å². The average molecular weight is 189 g/mol. The topological polar surface area (TPSA) is 9.23 Å². The number of benzene rings is 1. The minimum Gasteiger partial charge on any atom is -0.493 e. The summed E-state index contributed by atoms with van der Waals surface area (Å²) in [7, 11) is 0. The van der Waals surface area contributed by atoms with Crippen molar-refractivity contribution in [1.29, 1.82) is 0 Å². The van der Waals surface area contributed by atoms with Crippen LogP contribution in [-0.2, 0) is 0 Å². The molecule has 0 bridgehead atoms. The van der Waals surface area contributed by atoms with Gasteiger partial charge in [-0.25, -0.2) is 0 Å². The second-order valence-electron chi connectivity index (χ2n) is 3.36. The zero-order valence-electron chi connectivity index (χ0n) is 9.13. The van der Waals surface area contributed by atoms with Crippen LogP contribution in [0.1, 0.15) is 31.9 Å². The molecule has 0 saturated carbocycles. The third-order valence-corrected chi connectivity index (χ3v) is 2.09. The Kier molecular flexibility index (Phi) is 3.75. The molecule has 0 spiro atoms. The Morgan fingerprint density at radius 1 is 1.43 bits per heavy atom. The van der Waals surface area contributed by atoms with Gasteiger partial charge in [0.25, 0.3) is 0 Å². The average Bonchev–Trinajstić information content (AvgIpc) is 2.18. The maximum atomic E-state index is 5.63. The minimum atomic E-state index is 0.686. The molecule has 0 saturated heterocycles. The van der Waals surface area contributed by atoms with Gasteiger partial charge in [0.15, 0.2) is 0 Å². The van der Waals surface area contributed by atoms with E-state index in [0.717, 1.165) is 11.3 Å². The van der Waals surface area contributed by atoms with E-state index in [9.17, 15) is 0 Å². The summed E-state index contributed by atoms with van der Waals surface area (Å²) < 4.78 is 5.63. The fourth-order valence-corrected chi connectivity index (χ4v) is 1.41. The summed E-state index contributed by atoms with van der Waals surface area (Å²) in [5.41, 5.74) is 2.23. The molecular weight excluding hydrogens is 172 g/mol. The van der Waals surface area contributed by atoms with Crippen molar-refractivity contribution in [3.63, 3.8) is 0 Å². The van der Waals surface area contributed by atoms with Gasteiger partial charge in [-0.3, -0.25) is 0 Å². The fraction of sp³-hybridized carbons (Fsp3) is 0.308. The molecule has 1 aromatic carbocycles. The zero-order chi connectivity index (χ0) is 10.6. The lowest BCUT2D eigenvalue weighted by atomic mass is 9.99. The predicted octanol–water partition coefficient (Wildman–Crippen LogP) is 3.69. The van der Waals surface area contributed by atoms with Crippen molar-refractivity contribution in [2.24, 2.45) is 0 Å². The van der Waals surface area contributed by atoms with Crippen LogP contribution < -0.4 is 4.74 Å². The Labute approximate surface area is 86.4 Å². The lowest BCUT2D eigenvalue weighted by Gasteiger charge is -2.14. The van der Waals surface area contributed by atoms with Crippen molar-refractivity contribution in [3.05, 3.63) is 41.8 Å². The van der Waals surface area contributed by atoms with Gasteiger partial charge in [0, 0.05) is 17.0 Å². The number of hydrogen-bond donors (Lipinski definition) is 0. The molecule has 1 rings (SSSR count). The molecule has 0 amide bonds.